The smallest absolute Gasteiger partial charge is 0.475 e. The number of hydrogen-bond donors (Lipinski definition) is 1. The molecule has 0 radical (unpaired) electrons. The topological polar surface area (TPSA) is 85.0 Å². The van der Waals surface area contributed by atoms with E-state index in [4.69, 9.17) is 23.8 Å². The Hall–Kier alpha value is -1.95. The van der Waals surface area contributed by atoms with Crippen LogP contribution in [0.25, 0.3) is 0 Å². The van der Waals surface area contributed by atoms with Crippen molar-refractivity contribution in [3.05, 3.63) is 40.2 Å². The molecule has 2 aliphatic rings. The van der Waals surface area contributed by atoms with Crippen LogP contribution in [0.15, 0.2) is 28.2 Å². The van der Waals surface area contributed by atoms with Crippen LogP contribution in [0, 0.1) is 6.92 Å². The first-order chi connectivity index (χ1) is 14.2. The van der Waals surface area contributed by atoms with Gasteiger partial charge in [-0.25, -0.2) is 9.78 Å². The van der Waals surface area contributed by atoms with E-state index in [0.29, 0.717) is 13.2 Å². The maximum Gasteiger partial charge on any atom is 0.490 e. The van der Waals surface area contributed by atoms with Crippen LogP contribution in [0.4, 0.5) is 13.2 Å². The summed E-state index contributed by atoms with van der Waals surface area (Å²) in [6, 6.07) is 3.97. The molecule has 11 heteroatoms. The number of carboxylic acid groups (broad SMARTS) is 1. The van der Waals surface area contributed by atoms with Crippen LogP contribution in [-0.2, 0) is 27.4 Å². The Morgan fingerprint density at radius 1 is 1.50 bits per heavy atom. The number of ether oxygens (including phenoxy) is 2. The Bertz CT molecular complexity index is 827. The SMILES string of the molecule is Cc1nc(CO[C@H]2CO[C@@]3(CCN(Cc4ccco4)C3)C2)cs1.O=C(O)C(F)(F)F. The van der Waals surface area contributed by atoms with Crippen molar-refractivity contribution in [3.63, 3.8) is 0 Å². The van der Waals surface area contributed by atoms with Gasteiger partial charge in [0.15, 0.2) is 0 Å². The predicted octanol–water partition coefficient (Wildman–Crippen LogP) is 3.63. The summed E-state index contributed by atoms with van der Waals surface area (Å²) < 4.78 is 49.3. The minimum absolute atomic E-state index is 0.0325. The summed E-state index contributed by atoms with van der Waals surface area (Å²) in [4.78, 5) is 15.8. The maximum atomic E-state index is 10.6. The molecule has 4 heterocycles. The zero-order chi connectivity index (χ0) is 21.8. The number of hydrogen-bond acceptors (Lipinski definition) is 7. The van der Waals surface area contributed by atoms with Gasteiger partial charge < -0.3 is 19.0 Å². The van der Waals surface area contributed by atoms with E-state index in [0.717, 1.165) is 48.9 Å². The number of likely N-dealkylation sites (tertiary alicyclic amines) is 1. The second-order valence-corrected chi connectivity index (χ2v) is 8.39. The number of alkyl halides is 3. The van der Waals surface area contributed by atoms with Crippen molar-refractivity contribution in [2.24, 2.45) is 0 Å². The van der Waals surface area contributed by atoms with Crippen LogP contribution in [0.5, 0.6) is 0 Å². The minimum Gasteiger partial charge on any atom is -0.475 e. The van der Waals surface area contributed by atoms with Gasteiger partial charge in [-0.1, -0.05) is 0 Å². The first-order valence-corrected chi connectivity index (χ1v) is 10.2. The quantitative estimate of drug-likeness (QED) is 0.748. The van der Waals surface area contributed by atoms with Gasteiger partial charge in [0.2, 0.25) is 0 Å². The molecule has 30 heavy (non-hydrogen) atoms. The second-order valence-electron chi connectivity index (χ2n) is 7.33. The summed E-state index contributed by atoms with van der Waals surface area (Å²) in [6.45, 7) is 6.18. The Balaban J connectivity index is 0.000000318. The molecule has 0 aromatic carbocycles. The number of halogens is 3. The molecule has 0 unspecified atom stereocenters. The molecular weight excluding hydrogens is 425 g/mol. The third-order valence-corrected chi connectivity index (χ3v) is 5.73. The molecule has 2 fully saturated rings. The maximum absolute atomic E-state index is 10.6. The standard InChI is InChI=1S/C17H22N2O3S.C2HF3O2/c1-13-18-14(11-23-13)9-21-16-7-17(22-10-16)4-5-19(12-17)8-15-3-2-6-20-15;3-2(4,5)1(6)7/h2-3,6,11,16H,4-5,7-10,12H2,1H3;(H,6,7)/t16-,17+;/m1./s1. The third kappa shape index (κ3) is 6.27. The van der Waals surface area contributed by atoms with Gasteiger partial charge in [-0.3, -0.25) is 4.90 Å². The third-order valence-electron chi connectivity index (χ3n) is 4.91. The Kier molecular flexibility index (Phi) is 7.17. The molecule has 2 aromatic heterocycles. The Morgan fingerprint density at radius 3 is 2.87 bits per heavy atom. The van der Waals surface area contributed by atoms with E-state index in [2.05, 4.69) is 15.3 Å². The van der Waals surface area contributed by atoms with E-state index >= 15 is 0 Å². The van der Waals surface area contributed by atoms with Gasteiger partial charge in [-0.15, -0.1) is 11.3 Å². The van der Waals surface area contributed by atoms with E-state index < -0.39 is 12.1 Å². The molecule has 0 bridgehead atoms. The molecule has 2 atom stereocenters. The summed E-state index contributed by atoms with van der Waals surface area (Å²) >= 11 is 1.67. The second kappa shape index (κ2) is 9.46. The number of rotatable bonds is 5. The highest BCUT2D eigenvalue weighted by atomic mass is 32.1. The molecule has 1 spiro atoms. The summed E-state index contributed by atoms with van der Waals surface area (Å²) in [5.41, 5.74) is 0.995. The summed E-state index contributed by atoms with van der Waals surface area (Å²) in [5, 5.41) is 10.3. The zero-order valence-electron chi connectivity index (χ0n) is 16.4. The molecule has 2 aliphatic heterocycles. The van der Waals surface area contributed by atoms with Crippen LogP contribution in [0.1, 0.15) is 29.3 Å². The van der Waals surface area contributed by atoms with E-state index in [1.165, 1.54) is 0 Å². The molecule has 1 N–H and O–H groups in total. The number of carboxylic acids is 1. The van der Waals surface area contributed by atoms with Crippen LogP contribution in [-0.4, -0.2) is 58.5 Å². The molecule has 0 amide bonds. The highest BCUT2D eigenvalue weighted by molar-refractivity contribution is 7.09. The number of thiazole rings is 1. The van der Waals surface area contributed by atoms with Crippen molar-refractivity contribution in [3.8, 4) is 0 Å². The molecule has 2 aromatic rings. The molecule has 0 saturated carbocycles. The Morgan fingerprint density at radius 2 is 2.27 bits per heavy atom. The first kappa shape index (κ1) is 22.7. The van der Waals surface area contributed by atoms with Crippen molar-refractivity contribution >= 4 is 17.3 Å². The van der Waals surface area contributed by atoms with Crippen LogP contribution in [0.2, 0.25) is 0 Å². The van der Waals surface area contributed by atoms with Gasteiger partial charge in [0, 0.05) is 24.9 Å². The molecule has 2 saturated heterocycles. The lowest BCUT2D eigenvalue weighted by atomic mass is 9.98. The predicted molar refractivity (Wildman–Crippen MR) is 101 cm³/mol. The number of aromatic nitrogens is 1. The number of furan rings is 1. The van der Waals surface area contributed by atoms with Gasteiger partial charge in [0.1, 0.15) is 5.76 Å². The lowest BCUT2D eigenvalue weighted by Crippen LogP contribution is -2.32. The van der Waals surface area contributed by atoms with Crippen LogP contribution < -0.4 is 0 Å². The van der Waals surface area contributed by atoms with Gasteiger partial charge in [-0.05, 0) is 25.5 Å². The molecule has 0 aliphatic carbocycles. The van der Waals surface area contributed by atoms with Gasteiger partial charge in [0.05, 0.1) is 48.4 Å². The van der Waals surface area contributed by atoms with Crippen molar-refractivity contribution in [1.29, 1.82) is 0 Å². The van der Waals surface area contributed by atoms with Crippen molar-refractivity contribution < 1.29 is 37.0 Å². The van der Waals surface area contributed by atoms with Crippen LogP contribution in [0.3, 0.4) is 0 Å². The monoisotopic (exact) mass is 448 g/mol. The number of aliphatic carboxylic acids is 1. The van der Waals surface area contributed by atoms with Gasteiger partial charge in [0.25, 0.3) is 0 Å². The van der Waals surface area contributed by atoms with Crippen LogP contribution >= 0.6 is 11.3 Å². The number of carbonyl (C=O) groups is 1. The molecule has 166 valence electrons. The highest BCUT2D eigenvalue weighted by Crippen LogP contribution is 2.37. The Labute approximate surface area is 175 Å². The summed E-state index contributed by atoms with van der Waals surface area (Å²) in [7, 11) is 0. The van der Waals surface area contributed by atoms with E-state index in [-0.39, 0.29) is 11.7 Å². The fourth-order valence-corrected chi connectivity index (χ4v) is 4.15. The minimum atomic E-state index is -5.08. The largest absolute Gasteiger partial charge is 0.490 e. The first-order valence-electron chi connectivity index (χ1n) is 9.37. The van der Waals surface area contributed by atoms with Crippen molar-refractivity contribution in [2.75, 3.05) is 19.7 Å². The molecular formula is C19H23F3N2O5S. The number of nitrogens with zero attached hydrogens (tertiary/aromatic N) is 2. The zero-order valence-corrected chi connectivity index (χ0v) is 17.2. The van der Waals surface area contributed by atoms with Gasteiger partial charge >= 0.3 is 12.1 Å². The summed E-state index contributed by atoms with van der Waals surface area (Å²) in [5.74, 6) is -1.74. The van der Waals surface area contributed by atoms with Gasteiger partial charge in [-0.2, -0.15) is 13.2 Å². The lowest BCUT2D eigenvalue weighted by Gasteiger charge is -2.23. The normalized spacial score (nSPS) is 24.2. The van der Waals surface area contributed by atoms with E-state index in [1.54, 1.807) is 17.6 Å². The fraction of sp³-hybridized carbons (Fsp3) is 0.579. The number of aryl methyl sites for hydroxylation is 1. The van der Waals surface area contributed by atoms with Crippen molar-refractivity contribution in [1.82, 2.24) is 9.88 Å². The van der Waals surface area contributed by atoms with E-state index in [1.807, 2.05) is 19.1 Å². The molecule has 4 rings (SSSR count). The van der Waals surface area contributed by atoms with Crippen molar-refractivity contribution in [2.45, 2.75) is 50.8 Å². The molecule has 7 nitrogen and oxygen atoms in total. The average Bonchev–Trinajstić information content (AvgIpc) is 3.45. The average molecular weight is 448 g/mol. The summed E-state index contributed by atoms with van der Waals surface area (Å²) in [6.07, 6.45) is -1.12. The van der Waals surface area contributed by atoms with E-state index in [9.17, 15) is 13.2 Å². The lowest BCUT2D eigenvalue weighted by molar-refractivity contribution is -0.192. The highest BCUT2D eigenvalue weighted by Gasteiger charge is 2.46. The fourth-order valence-electron chi connectivity index (χ4n) is 3.56.